The lowest BCUT2D eigenvalue weighted by atomic mass is 9.97. The number of nitrogens with zero attached hydrogens (tertiary/aromatic N) is 1. The molecule has 1 aromatic heterocycles. The van der Waals surface area contributed by atoms with Crippen molar-refractivity contribution in [2.45, 2.75) is 32.1 Å². The van der Waals surface area contributed by atoms with Gasteiger partial charge in [0.1, 0.15) is 0 Å². The Morgan fingerprint density at radius 1 is 1.41 bits per heavy atom. The molecule has 0 saturated carbocycles. The Hall–Kier alpha value is -1.36. The quantitative estimate of drug-likeness (QED) is 0.752. The summed E-state index contributed by atoms with van der Waals surface area (Å²) in [7, 11) is 1.68. The van der Waals surface area contributed by atoms with Gasteiger partial charge >= 0.3 is 0 Å². The molecule has 1 aliphatic carbocycles. The van der Waals surface area contributed by atoms with E-state index < -0.39 is 0 Å². The van der Waals surface area contributed by atoms with Crippen molar-refractivity contribution in [3.8, 4) is 0 Å². The van der Waals surface area contributed by atoms with Crippen LogP contribution in [0.25, 0.3) is 0 Å². The first-order chi connectivity index (χ1) is 8.31. The highest BCUT2D eigenvalue weighted by Gasteiger charge is 2.15. The lowest BCUT2D eigenvalue weighted by Crippen LogP contribution is -2.23. The lowest BCUT2D eigenvalue weighted by molar-refractivity contribution is 0.197. The molecule has 0 saturated heterocycles. The SMILES string of the molecule is COCCCNc1nc2c(c(=O)[nH]1)CCCC2. The zero-order valence-electron chi connectivity index (χ0n) is 10.2. The Balaban J connectivity index is 2.03. The molecular formula is C12H19N3O2. The van der Waals surface area contributed by atoms with Gasteiger partial charge in [0.2, 0.25) is 5.95 Å². The van der Waals surface area contributed by atoms with Crippen LogP contribution in [-0.2, 0) is 17.6 Å². The van der Waals surface area contributed by atoms with Gasteiger partial charge in [0.25, 0.3) is 5.56 Å². The van der Waals surface area contributed by atoms with Crippen LogP contribution in [0.1, 0.15) is 30.5 Å². The van der Waals surface area contributed by atoms with Crippen molar-refractivity contribution >= 4 is 5.95 Å². The van der Waals surface area contributed by atoms with Crippen LogP contribution < -0.4 is 10.9 Å². The van der Waals surface area contributed by atoms with E-state index in [2.05, 4.69) is 15.3 Å². The third-order valence-corrected chi connectivity index (χ3v) is 3.01. The summed E-state index contributed by atoms with van der Waals surface area (Å²) >= 11 is 0. The summed E-state index contributed by atoms with van der Waals surface area (Å²) in [6.07, 6.45) is 4.91. The van der Waals surface area contributed by atoms with Crippen LogP contribution in [0, 0.1) is 0 Å². The fourth-order valence-corrected chi connectivity index (χ4v) is 2.11. The molecule has 94 valence electrons. The maximum absolute atomic E-state index is 11.8. The normalized spacial score (nSPS) is 14.4. The molecule has 0 amide bonds. The number of aromatic amines is 1. The number of aryl methyl sites for hydroxylation is 1. The summed E-state index contributed by atoms with van der Waals surface area (Å²) in [6, 6.07) is 0. The van der Waals surface area contributed by atoms with Crippen LogP contribution in [0.5, 0.6) is 0 Å². The Bertz CT molecular complexity index is 428. The molecule has 0 aliphatic heterocycles. The molecule has 1 aliphatic rings. The summed E-state index contributed by atoms with van der Waals surface area (Å²) in [5.74, 6) is 0.590. The molecule has 2 N–H and O–H groups in total. The highest BCUT2D eigenvalue weighted by molar-refractivity contribution is 5.30. The summed E-state index contributed by atoms with van der Waals surface area (Å²) in [5.41, 5.74) is 1.86. The minimum Gasteiger partial charge on any atom is -0.385 e. The molecule has 0 atom stereocenters. The van der Waals surface area contributed by atoms with Crippen molar-refractivity contribution in [3.63, 3.8) is 0 Å². The van der Waals surface area contributed by atoms with Crippen LogP contribution in [0.2, 0.25) is 0 Å². The van der Waals surface area contributed by atoms with E-state index in [-0.39, 0.29) is 5.56 Å². The van der Waals surface area contributed by atoms with Crippen LogP contribution >= 0.6 is 0 Å². The highest BCUT2D eigenvalue weighted by atomic mass is 16.5. The van der Waals surface area contributed by atoms with E-state index in [1.165, 1.54) is 0 Å². The maximum Gasteiger partial charge on any atom is 0.255 e. The van der Waals surface area contributed by atoms with Crippen LogP contribution in [0.3, 0.4) is 0 Å². The first-order valence-corrected chi connectivity index (χ1v) is 6.16. The Morgan fingerprint density at radius 2 is 2.24 bits per heavy atom. The third-order valence-electron chi connectivity index (χ3n) is 3.01. The van der Waals surface area contributed by atoms with Gasteiger partial charge in [0.15, 0.2) is 0 Å². The monoisotopic (exact) mass is 237 g/mol. The topological polar surface area (TPSA) is 67.0 Å². The number of anilines is 1. The smallest absolute Gasteiger partial charge is 0.255 e. The minimum absolute atomic E-state index is 0.0175. The van der Waals surface area contributed by atoms with Gasteiger partial charge in [-0.3, -0.25) is 9.78 Å². The van der Waals surface area contributed by atoms with E-state index in [0.29, 0.717) is 12.6 Å². The van der Waals surface area contributed by atoms with E-state index in [1.54, 1.807) is 7.11 Å². The number of ether oxygens (including phenoxy) is 1. The Labute approximate surface area is 101 Å². The molecule has 0 bridgehead atoms. The van der Waals surface area contributed by atoms with Crippen LogP contribution in [0.15, 0.2) is 4.79 Å². The van der Waals surface area contributed by atoms with Crippen molar-refractivity contribution in [1.29, 1.82) is 0 Å². The average molecular weight is 237 g/mol. The van der Waals surface area contributed by atoms with E-state index in [1.807, 2.05) is 0 Å². The van der Waals surface area contributed by atoms with Crippen molar-refractivity contribution in [2.75, 3.05) is 25.6 Å². The van der Waals surface area contributed by atoms with Gasteiger partial charge in [0, 0.05) is 25.8 Å². The van der Waals surface area contributed by atoms with E-state index in [9.17, 15) is 4.79 Å². The molecule has 5 heteroatoms. The second-order valence-corrected chi connectivity index (χ2v) is 4.32. The highest BCUT2D eigenvalue weighted by Crippen LogP contribution is 2.16. The first-order valence-electron chi connectivity index (χ1n) is 6.16. The van der Waals surface area contributed by atoms with Crippen molar-refractivity contribution in [1.82, 2.24) is 9.97 Å². The molecule has 1 aromatic rings. The maximum atomic E-state index is 11.8. The fourth-order valence-electron chi connectivity index (χ4n) is 2.11. The second-order valence-electron chi connectivity index (χ2n) is 4.32. The average Bonchev–Trinajstić information content (AvgIpc) is 2.35. The molecule has 1 heterocycles. The van der Waals surface area contributed by atoms with Crippen LogP contribution in [0.4, 0.5) is 5.95 Å². The molecule has 0 fully saturated rings. The van der Waals surface area contributed by atoms with E-state index in [4.69, 9.17) is 4.74 Å². The second kappa shape index (κ2) is 5.82. The molecular weight excluding hydrogens is 218 g/mol. The predicted molar refractivity (Wildman–Crippen MR) is 66.5 cm³/mol. The number of hydrogen-bond donors (Lipinski definition) is 2. The number of H-pyrrole nitrogens is 1. The van der Waals surface area contributed by atoms with Gasteiger partial charge in [-0.2, -0.15) is 0 Å². The minimum atomic E-state index is 0.0175. The summed E-state index contributed by atoms with van der Waals surface area (Å²) in [4.78, 5) is 19.1. The summed E-state index contributed by atoms with van der Waals surface area (Å²) in [5, 5.41) is 3.12. The molecule has 5 nitrogen and oxygen atoms in total. The van der Waals surface area contributed by atoms with Gasteiger partial charge in [-0.1, -0.05) is 0 Å². The predicted octanol–water partition coefficient (Wildman–Crippen LogP) is 1.10. The molecule has 17 heavy (non-hydrogen) atoms. The fraction of sp³-hybridized carbons (Fsp3) is 0.667. The third kappa shape index (κ3) is 3.06. The summed E-state index contributed by atoms with van der Waals surface area (Å²) < 4.78 is 4.96. The number of methoxy groups -OCH3 is 1. The van der Waals surface area contributed by atoms with Gasteiger partial charge in [-0.05, 0) is 32.1 Å². The lowest BCUT2D eigenvalue weighted by Gasteiger charge is -2.15. The molecule has 0 aromatic carbocycles. The number of aromatic nitrogens is 2. The van der Waals surface area contributed by atoms with Gasteiger partial charge in [-0.15, -0.1) is 0 Å². The summed E-state index contributed by atoms with van der Waals surface area (Å²) in [6.45, 7) is 1.47. The number of nitrogens with one attached hydrogen (secondary N) is 2. The van der Waals surface area contributed by atoms with Crippen molar-refractivity contribution < 1.29 is 4.74 Å². The molecule has 0 radical (unpaired) electrons. The number of hydrogen-bond acceptors (Lipinski definition) is 4. The van der Waals surface area contributed by atoms with Gasteiger partial charge in [-0.25, -0.2) is 4.98 Å². The molecule has 2 rings (SSSR count). The van der Waals surface area contributed by atoms with Crippen LogP contribution in [-0.4, -0.2) is 30.2 Å². The number of fused-ring (bicyclic) bond motifs is 1. The van der Waals surface area contributed by atoms with Gasteiger partial charge < -0.3 is 10.1 Å². The molecule has 0 spiro atoms. The Kier molecular flexibility index (Phi) is 4.14. The Morgan fingerprint density at radius 3 is 3.06 bits per heavy atom. The zero-order valence-corrected chi connectivity index (χ0v) is 10.2. The largest absolute Gasteiger partial charge is 0.385 e. The van der Waals surface area contributed by atoms with E-state index in [0.717, 1.165) is 49.9 Å². The molecule has 0 unspecified atom stereocenters. The number of rotatable bonds is 5. The van der Waals surface area contributed by atoms with Crippen molar-refractivity contribution in [2.24, 2.45) is 0 Å². The van der Waals surface area contributed by atoms with Gasteiger partial charge in [0.05, 0.1) is 5.69 Å². The first kappa shape index (κ1) is 12.1. The zero-order chi connectivity index (χ0) is 12.1. The van der Waals surface area contributed by atoms with E-state index >= 15 is 0 Å². The standard InChI is InChI=1S/C12H19N3O2/c1-17-8-4-7-13-12-14-10-6-3-2-5-9(10)11(16)15-12/h2-8H2,1H3,(H2,13,14,15,16). The van der Waals surface area contributed by atoms with Crippen molar-refractivity contribution in [3.05, 3.63) is 21.6 Å².